The highest BCUT2D eigenvalue weighted by molar-refractivity contribution is 7.89. The van der Waals surface area contributed by atoms with Gasteiger partial charge in [0.25, 0.3) is 5.91 Å². The summed E-state index contributed by atoms with van der Waals surface area (Å²) in [5.74, 6) is -0.542. The van der Waals surface area contributed by atoms with Crippen LogP contribution < -0.4 is 0 Å². The first-order valence-electron chi connectivity index (χ1n) is 9.44. The van der Waals surface area contributed by atoms with Crippen LogP contribution in [0.25, 0.3) is 0 Å². The van der Waals surface area contributed by atoms with Gasteiger partial charge in [-0.05, 0) is 24.6 Å². The molecule has 8 nitrogen and oxygen atoms in total. The Morgan fingerprint density at radius 1 is 1.14 bits per heavy atom. The summed E-state index contributed by atoms with van der Waals surface area (Å²) in [5, 5.41) is 0. The summed E-state index contributed by atoms with van der Waals surface area (Å²) in [6.07, 6.45) is 0. The molecular formula is C19H29N3O5S. The Balaban J connectivity index is 2.20. The second-order valence-electron chi connectivity index (χ2n) is 6.72. The van der Waals surface area contributed by atoms with Gasteiger partial charge in [-0.1, -0.05) is 19.9 Å². The second-order valence-corrected chi connectivity index (χ2v) is 8.63. The molecule has 9 heteroatoms. The Bertz CT molecular complexity index is 815. The molecular weight excluding hydrogens is 382 g/mol. The van der Waals surface area contributed by atoms with Crippen molar-refractivity contribution in [2.24, 2.45) is 0 Å². The smallest absolute Gasteiger partial charge is 0.254 e. The van der Waals surface area contributed by atoms with E-state index in [9.17, 15) is 18.0 Å². The number of benzene rings is 1. The van der Waals surface area contributed by atoms with Crippen molar-refractivity contribution >= 4 is 21.8 Å². The average Bonchev–Trinajstić information content (AvgIpc) is 2.69. The van der Waals surface area contributed by atoms with Crippen LogP contribution in [0, 0.1) is 6.92 Å². The summed E-state index contributed by atoms with van der Waals surface area (Å²) in [6.45, 7) is 7.90. The first-order chi connectivity index (χ1) is 13.2. The van der Waals surface area contributed by atoms with Gasteiger partial charge in [-0.15, -0.1) is 0 Å². The Morgan fingerprint density at radius 2 is 1.75 bits per heavy atom. The van der Waals surface area contributed by atoms with E-state index in [4.69, 9.17) is 4.74 Å². The minimum Gasteiger partial charge on any atom is -0.378 e. The molecule has 1 aromatic rings. The molecule has 0 aromatic heterocycles. The second kappa shape index (κ2) is 9.49. The summed E-state index contributed by atoms with van der Waals surface area (Å²) >= 11 is 0. The molecule has 1 aliphatic rings. The Labute approximate surface area is 167 Å². The van der Waals surface area contributed by atoms with Crippen molar-refractivity contribution in [1.29, 1.82) is 0 Å². The number of rotatable bonds is 7. The fourth-order valence-corrected chi connectivity index (χ4v) is 4.83. The minimum atomic E-state index is -3.68. The summed E-state index contributed by atoms with van der Waals surface area (Å²) in [6, 6.07) is 4.62. The zero-order chi connectivity index (χ0) is 20.9. The predicted octanol–water partition coefficient (Wildman–Crippen LogP) is 0.956. The first kappa shape index (κ1) is 22.3. The zero-order valence-electron chi connectivity index (χ0n) is 17.0. The molecule has 0 aliphatic carbocycles. The number of likely N-dealkylation sites (N-methyl/N-ethyl adjacent to an activating group) is 1. The van der Waals surface area contributed by atoms with Crippen molar-refractivity contribution in [3.63, 3.8) is 0 Å². The quantitative estimate of drug-likeness (QED) is 0.667. The lowest BCUT2D eigenvalue weighted by atomic mass is 10.1. The lowest BCUT2D eigenvalue weighted by Gasteiger charge is -2.28. The molecule has 1 aliphatic heterocycles. The molecule has 1 aromatic carbocycles. The Kier molecular flexibility index (Phi) is 7.56. The molecule has 28 heavy (non-hydrogen) atoms. The van der Waals surface area contributed by atoms with Crippen molar-refractivity contribution in [3.8, 4) is 0 Å². The van der Waals surface area contributed by atoms with Crippen LogP contribution in [0.15, 0.2) is 23.1 Å². The van der Waals surface area contributed by atoms with Crippen molar-refractivity contribution in [2.75, 3.05) is 53.0 Å². The maximum atomic E-state index is 12.9. The molecule has 0 bridgehead atoms. The standard InChI is InChI=1S/C19H29N3O5S/c1-5-22(6-2)28(25,26)17-13-16(8-7-15(17)3)19(24)20(4)14-18(23)21-9-11-27-12-10-21/h7-8,13H,5-6,9-12,14H2,1-4H3. The lowest BCUT2D eigenvalue weighted by molar-refractivity contribution is -0.135. The van der Waals surface area contributed by atoms with E-state index in [0.717, 1.165) is 0 Å². The van der Waals surface area contributed by atoms with Crippen molar-refractivity contribution in [3.05, 3.63) is 29.3 Å². The van der Waals surface area contributed by atoms with Crippen LogP contribution in [0.3, 0.4) is 0 Å². The average molecular weight is 412 g/mol. The molecule has 1 fully saturated rings. The van der Waals surface area contributed by atoms with Gasteiger partial charge in [0, 0.05) is 38.8 Å². The van der Waals surface area contributed by atoms with Gasteiger partial charge >= 0.3 is 0 Å². The van der Waals surface area contributed by atoms with Gasteiger partial charge in [0.05, 0.1) is 24.7 Å². The van der Waals surface area contributed by atoms with E-state index in [2.05, 4.69) is 0 Å². The van der Waals surface area contributed by atoms with Crippen molar-refractivity contribution < 1.29 is 22.7 Å². The number of hydrogen-bond donors (Lipinski definition) is 0. The number of sulfonamides is 1. The first-order valence-corrected chi connectivity index (χ1v) is 10.9. The van der Waals surface area contributed by atoms with Crippen LogP contribution in [-0.2, 0) is 19.6 Å². The SMILES string of the molecule is CCN(CC)S(=O)(=O)c1cc(C(=O)N(C)CC(=O)N2CCOCC2)ccc1C. The molecule has 2 rings (SSSR count). The van der Waals surface area contributed by atoms with Gasteiger partial charge in [0.15, 0.2) is 0 Å². The zero-order valence-corrected chi connectivity index (χ0v) is 17.8. The van der Waals surface area contributed by atoms with Gasteiger partial charge in [-0.3, -0.25) is 9.59 Å². The summed E-state index contributed by atoms with van der Waals surface area (Å²) < 4.78 is 32.3. The van der Waals surface area contributed by atoms with E-state index in [1.165, 1.54) is 15.3 Å². The maximum Gasteiger partial charge on any atom is 0.254 e. The fourth-order valence-electron chi connectivity index (χ4n) is 3.12. The Morgan fingerprint density at radius 3 is 2.32 bits per heavy atom. The summed E-state index contributed by atoms with van der Waals surface area (Å²) in [7, 11) is -2.14. The van der Waals surface area contributed by atoms with Gasteiger partial charge in [0.2, 0.25) is 15.9 Å². The number of carbonyl (C=O) groups is 2. The minimum absolute atomic E-state index is 0.0646. The number of morpholine rings is 1. The highest BCUT2D eigenvalue weighted by Gasteiger charge is 2.26. The number of carbonyl (C=O) groups excluding carboxylic acids is 2. The predicted molar refractivity (Wildman–Crippen MR) is 106 cm³/mol. The molecule has 1 saturated heterocycles. The van der Waals surface area contributed by atoms with Crippen LogP contribution in [0.4, 0.5) is 0 Å². The molecule has 0 radical (unpaired) electrons. The number of amides is 2. The fraction of sp³-hybridized carbons (Fsp3) is 0.579. The number of hydrogen-bond acceptors (Lipinski definition) is 5. The van der Waals surface area contributed by atoms with Gasteiger partial charge in [-0.25, -0.2) is 8.42 Å². The van der Waals surface area contributed by atoms with Gasteiger partial charge < -0.3 is 14.5 Å². The monoisotopic (exact) mass is 411 g/mol. The Hall–Kier alpha value is -1.97. The molecule has 1 heterocycles. The lowest BCUT2D eigenvalue weighted by Crippen LogP contribution is -2.46. The summed E-state index contributed by atoms with van der Waals surface area (Å²) in [4.78, 5) is 28.3. The summed E-state index contributed by atoms with van der Waals surface area (Å²) in [5.41, 5.74) is 0.823. The molecule has 0 N–H and O–H groups in total. The van der Waals surface area contributed by atoms with Crippen LogP contribution in [-0.4, -0.2) is 87.3 Å². The van der Waals surface area contributed by atoms with Crippen LogP contribution in [0.5, 0.6) is 0 Å². The normalized spacial score (nSPS) is 15.0. The third-order valence-electron chi connectivity index (χ3n) is 4.84. The number of ether oxygens (including phenoxy) is 1. The highest BCUT2D eigenvalue weighted by atomic mass is 32.2. The molecule has 0 spiro atoms. The number of aryl methyl sites for hydroxylation is 1. The van der Waals surface area contributed by atoms with Gasteiger partial charge in [-0.2, -0.15) is 4.31 Å². The van der Waals surface area contributed by atoms with Crippen LogP contribution >= 0.6 is 0 Å². The van der Waals surface area contributed by atoms with E-state index in [1.54, 1.807) is 44.9 Å². The molecule has 0 atom stereocenters. The van der Waals surface area contributed by atoms with Gasteiger partial charge in [0.1, 0.15) is 0 Å². The van der Waals surface area contributed by atoms with E-state index in [1.807, 2.05) is 0 Å². The molecule has 0 unspecified atom stereocenters. The van der Waals surface area contributed by atoms with Crippen molar-refractivity contribution in [1.82, 2.24) is 14.1 Å². The van der Waals surface area contributed by atoms with Crippen LogP contribution in [0.1, 0.15) is 29.8 Å². The third-order valence-corrected chi connectivity index (χ3v) is 7.03. The number of nitrogens with zero attached hydrogens (tertiary/aromatic N) is 3. The molecule has 2 amide bonds. The van der Waals surface area contributed by atoms with E-state index in [-0.39, 0.29) is 22.9 Å². The van der Waals surface area contributed by atoms with E-state index >= 15 is 0 Å². The van der Waals surface area contributed by atoms with E-state index < -0.39 is 15.9 Å². The highest BCUT2D eigenvalue weighted by Crippen LogP contribution is 2.22. The maximum absolute atomic E-state index is 12.9. The van der Waals surface area contributed by atoms with Crippen LogP contribution in [0.2, 0.25) is 0 Å². The largest absolute Gasteiger partial charge is 0.378 e. The molecule has 0 saturated carbocycles. The topological polar surface area (TPSA) is 87.2 Å². The van der Waals surface area contributed by atoms with E-state index in [0.29, 0.717) is 45.0 Å². The third kappa shape index (κ3) is 4.89. The molecule has 156 valence electrons. The van der Waals surface area contributed by atoms with Crippen molar-refractivity contribution in [2.45, 2.75) is 25.7 Å².